The molecular weight excluding hydrogens is 491 g/mol. The molecule has 3 aromatic rings. The lowest BCUT2D eigenvalue weighted by atomic mass is 10.3. The monoisotopic (exact) mass is 512 g/mol. The molecule has 1 aliphatic heterocycles. The van der Waals surface area contributed by atoms with Gasteiger partial charge in [-0.1, -0.05) is 29.3 Å². The second kappa shape index (κ2) is 9.34. The molecule has 0 aliphatic carbocycles. The van der Waals surface area contributed by atoms with E-state index in [1.807, 2.05) is 0 Å². The Morgan fingerprint density at radius 3 is 2.39 bits per heavy atom. The van der Waals surface area contributed by atoms with Crippen LogP contribution in [0.5, 0.6) is 5.75 Å². The van der Waals surface area contributed by atoms with E-state index < -0.39 is 10.0 Å². The van der Waals surface area contributed by atoms with Crippen LogP contribution in [0.1, 0.15) is 16.2 Å². The number of para-hydroxylation sites is 1. The molecule has 13 heteroatoms. The van der Waals surface area contributed by atoms with Crippen molar-refractivity contribution in [2.75, 3.05) is 26.2 Å². The van der Waals surface area contributed by atoms with Crippen LogP contribution in [0.2, 0.25) is 10.0 Å². The van der Waals surface area contributed by atoms with Gasteiger partial charge in [0.1, 0.15) is 4.90 Å². The Morgan fingerprint density at radius 1 is 1.12 bits per heavy atom. The van der Waals surface area contributed by atoms with Crippen molar-refractivity contribution >= 4 is 39.1 Å². The number of aryl methyl sites for hydroxylation is 1. The average Bonchev–Trinajstić information content (AvgIpc) is 3.40. The van der Waals surface area contributed by atoms with Crippen molar-refractivity contribution in [2.24, 2.45) is 7.05 Å². The van der Waals surface area contributed by atoms with E-state index in [2.05, 4.69) is 10.2 Å². The predicted octanol–water partition coefficient (Wildman–Crippen LogP) is 2.42. The maximum Gasteiger partial charge on any atom is 0.274 e. The predicted molar refractivity (Wildman–Crippen MR) is 122 cm³/mol. The van der Waals surface area contributed by atoms with E-state index in [0.29, 0.717) is 21.5 Å². The van der Waals surface area contributed by atoms with E-state index in [9.17, 15) is 13.2 Å². The van der Waals surface area contributed by atoms with Gasteiger partial charge in [-0.05, 0) is 25.1 Å². The summed E-state index contributed by atoms with van der Waals surface area (Å²) >= 11 is 12.2. The topological polar surface area (TPSA) is 103 Å². The summed E-state index contributed by atoms with van der Waals surface area (Å²) in [6, 6.07) is 6.62. The Hall–Kier alpha value is -2.60. The fraction of sp³-hybridized carbons (Fsp3) is 0.350. The van der Waals surface area contributed by atoms with Gasteiger partial charge < -0.3 is 9.64 Å². The number of amides is 1. The first-order valence-corrected chi connectivity index (χ1v) is 12.3. The van der Waals surface area contributed by atoms with Gasteiger partial charge in [-0.15, -0.1) is 0 Å². The van der Waals surface area contributed by atoms with Crippen LogP contribution in [-0.2, 0) is 23.8 Å². The third kappa shape index (κ3) is 4.72. The van der Waals surface area contributed by atoms with E-state index in [0.717, 1.165) is 0 Å². The molecule has 0 N–H and O–H groups in total. The zero-order valence-electron chi connectivity index (χ0n) is 18.0. The first kappa shape index (κ1) is 23.6. The minimum absolute atomic E-state index is 0.0210. The number of ether oxygens (including phenoxy) is 1. The van der Waals surface area contributed by atoms with Gasteiger partial charge in [-0.2, -0.15) is 14.5 Å². The summed E-state index contributed by atoms with van der Waals surface area (Å²) in [5, 5.41) is 9.03. The second-order valence-corrected chi connectivity index (χ2v) is 10.2. The zero-order chi connectivity index (χ0) is 23.8. The quantitative estimate of drug-likeness (QED) is 0.502. The molecule has 3 heterocycles. The molecule has 0 spiro atoms. The minimum atomic E-state index is -3.67. The van der Waals surface area contributed by atoms with Crippen molar-refractivity contribution in [1.29, 1.82) is 0 Å². The summed E-state index contributed by atoms with van der Waals surface area (Å²) in [7, 11) is -1.98. The van der Waals surface area contributed by atoms with Gasteiger partial charge in [-0.3, -0.25) is 9.48 Å². The largest absolute Gasteiger partial charge is 0.468 e. The molecule has 33 heavy (non-hydrogen) atoms. The molecule has 1 amide bonds. The van der Waals surface area contributed by atoms with Crippen molar-refractivity contribution < 1.29 is 17.9 Å². The van der Waals surface area contributed by atoms with Crippen LogP contribution in [0.15, 0.2) is 41.6 Å². The van der Waals surface area contributed by atoms with Crippen molar-refractivity contribution in [2.45, 2.75) is 18.6 Å². The number of rotatable bonds is 6. The third-order valence-corrected chi connectivity index (χ3v) is 8.05. The highest BCUT2D eigenvalue weighted by Gasteiger charge is 2.33. The lowest BCUT2D eigenvalue weighted by molar-refractivity contribution is 0.0690. The zero-order valence-corrected chi connectivity index (χ0v) is 20.3. The Labute approximate surface area is 201 Å². The number of nitrogens with zero attached hydrogens (tertiary/aromatic N) is 6. The van der Waals surface area contributed by atoms with Crippen molar-refractivity contribution in [3.63, 3.8) is 0 Å². The van der Waals surface area contributed by atoms with Crippen LogP contribution < -0.4 is 4.74 Å². The van der Waals surface area contributed by atoms with Crippen molar-refractivity contribution in [3.05, 3.63) is 58.1 Å². The van der Waals surface area contributed by atoms with Crippen LogP contribution in [0.25, 0.3) is 0 Å². The van der Waals surface area contributed by atoms with Crippen LogP contribution in [0.4, 0.5) is 0 Å². The van der Waals surface area contributed by atoms with Crippen molar-refractivity contribution in [3.8, 4) is 5.75 Å². The highest BCUT2D eigenvalue weighted by atomic mass is 35.5. The molecule has 1 fully saturated rings. The van der Waals surface area contributed by atoms with Gasteiger partial charge in [0.15, 0.2) is 18.2 Å². The number of sulfonamides is 1. The first-order chi connectivity index (χ1) is 15.7. The maximum absolute atomic E-state index is 12.9. The Kier molecular flexibility index (Phi) is 6.66. The minimum Gasteiger partial charge on any atom is -0.468 e. The fourth-order valence-electron chi connectivity index (χ4n) is 3.46. The van der Waals surface area contributed by atoms with Gasteiger partial charge in [0, 0.05) is 39.4 Å². The summed E-state index contributed by atoms with van der Waals surface area (Å²) < 4.78 is 35.8. The number of carbonyl (C=O) groups excluding carboxylic acids is 1. The van der Waals surface area contributed by atoms with E-state index in [1.54, 1.807) is 49.3 Å². The molecule has 0 saturated carbocycles. The number of carbonyl (C=O) groups is 1. The summed E-state index contributed by atoms with van der Waals surface area (Å²) in [4.78, 5) is 14.6. The summed E-state index contributed by atoms with van der Waals surface area (Å²) in [5.74, 6) is 0.0597. The number of hydrogen-bond donors (Lipinski definition) is 0. The van der Waals surface area contributed by atoms with Crippen LogP contribution >= 0.6 is 23.2 Å². The number of benzene rings is 1. The summed E-state index contributed by atoms with van der Waals surface area (Å²) in [5.41, 5.74) is 0.808. The smallest absolute Gasteiger partial charge is 0.274 e. The molecule has 4 rings (SSSR count). The second-order valence-electron chi connectivity index (χ2n) is 7.48. The molecular formula is C20H22Cl2N6O4S. The van der Waals surface area contributed by atoms with E-state index in [4.69, 9.17) is 27.9 Å². The number of halogens is 2. The van der Waals surface area contributed by atoms with Gasteiger partial charge in [0.2, 0.25) is 10.0 Å². The van der Waals surface area contributed by atoms with Gasteiger partial charge in [0.25, 0.3) is 5.91 Å². The molecule has 2 aromatic heterocycles. The maximum atomic E-state index is 12.9. The summed E-state index contributed by atoms with van der Waals surface area (Å²) in [6.45, 7) is 2.63. The molecule has 0 atom stereocenters. The molecule has 0 unspecified atom stereocenters. The molecule has 10 nitrogen and oxygen atoms in total. The number of aromatic nitrogens is 4. The average molecular weight is 513 g/mol. The van der Waals surface area contributed by atoms with E-state index in [1.165, 1.54) is 19.9 Å². The van der Waals surface area contributed by atoms with Crippen LogP contribution in [-0.4, -0.2) is 69.3 Å². The fourth-order valence-corrected chi connectivity index (χ4v) is 5.58. The molecule has 1 aromatic carbocycles. The Balaban J connectivity index is 1.36. The molecule has 176 valence electrons. The van der Waals surface area contributed by atoms with E-state index >= 15 is 0 Å². The van der Waals surface area contributed by atoms with Crippen LogP contribution in [0, 0.1) is 6.92 Å². The lowest BCUT2D eigenvalue weighted by Crippen LogP contribution is -2.50. The molecule has 0 bridgehead atoms. The third-order valence-electron chi connectivity index (χ3n) is 5.45. The number of piperazine rings is 1. The molecule has 1 aliphatic rings. The van der Waals surface area contributed by atoms with Crippen LogP contribution in [0.3, 0.4) is 0 Å². The Bertz CT molecular complexity index is 1260. The van der Waals surface area contributed by atoms with Crippen molar-refractivity contribution in [1.82, 2.24) is 28.8 Å². The van der Waals surface area contributed by atoms with Gasteiger partial charge in [0.05, 0.1) is 21.9 Å². The molecule has 1 saturated heterocycles. The molecule has 0 radical (unpaired) electrons. The highest BCUT2D eigenvalue weighted by molar-refractivity contribution is 7.89. The lowest BCUT2D eigenvalue weighted by Gasteiger charge is -2.33. The normalized spacial score (nSPS) is 15.1. The standard InChI is InChI=1S/C20H22Cl2N6O4S/c1-14-18(12-23-25(14)2)33(30,31)28-10-8-26(9-11-28)20(29)17-6-7-27(24-17)13-32-19-15(21)4-3-5-16(19)22/h3-7,12H,8-11,13H2,1-2H3. The van der Waals surface area contributed by atoms with Gasteiger partial charge in [-0.25, -0.2) is 13.1 Å². The Morgan fingerprint density at radius 2 is 1.79 bits per heavy atom. The first-order valence-electron chi connectivity index (χ1n) is 10.1. The highest BCUT2D eigenvalue weighted by Crippen LogP contribution is 2.32. The number of hydrogen-bond acceptors (Lipinski definition) is 6. The SMILES string of the molecule is Cc1c(S(=O)(=O)N2CCN(C(=O)c3ccn(COc4c(Cl)cccc4Cl)n3)CC2)cnn1C. The summed E-state index contributed by atoms with van der Waals surface area (Å²) in [6.07, 6.45) is 2.97. The van der Waals surface area contributed by atoms with E-state index in [-0.39, 0.29) is 49.4 Å². The van der Waals surface area contributed by atoms with Gasteiger partial charge >= 0.3 is 0 Å².